The molecule has 0 radical (unpaired) electrons. The number of hydrogen-bond donors (Lipinski definition) is 2. The number of benzene rings is 2. The van der Waals surface area contributed by atoms with Crippen LogP contribution in [-0.2, 0) is 14.8 Å². The zero-order valence-electron chi connectivity index (χ0n) is 18.3. The number of carbonyl (C=O) groups excluding carboxylic acids is 1. The van der Waals surface area contributed by atoms with Gasteiger partial charge in [0.2, 0.25) is 0 Å². The van der Waals surface area contributed by atoms with E-state index in [1.807, 2.05) is 0 Å². The molecular weight excluding hydrogens is 518 g/mol. The highest BCUT2D eigenvalue weighted by molar-refractivity contribution is 7.92. The van der Waals surface area contributed by atoms with Crippen molar-refractivity contribution in [3.05, 3.63) is 76.3 Å². The van der Waals surface area contributed by atoms with Crippen molar-refractivity contribution in [2.24, 2.45) is 0 Å². The topological polar surface area (TPSA) is 110 Å². The van der Waals surface area contributed by atoms with Crippen LogP contribution < -0.4 is 10.0 Å². The molecule has 0 fully saturated rings. The first-order valence-corrected chi connectivity index (χ1v) is 12.2. The van der Waals surface area contributed by atoms with Crippen LogP contribution in [0.5, 0.6) is 0 Å². The largest absolute Gasteiger partial charge is 0.465 e. The number of nitrogens with one attached hydrogen (secondary N) is 2. The molecule has 4 rings (SSSR count). The molecule has 2 heterocycles. The third kappa shape index (κ3) is 4.86. The van der Waals surface area contributed by atoms with Crippen LogP contribution in [0.2, 0.25) is 10.0 Å². The molecule has 0 saturated heterocycles. The summed E-state index contributed by atoms with van der Waals surface area (Å²) in [6.45, 7) is 0. The fourth-order valence-corrected chi connectivity index (χ4v) is 5.32. The highest BCUT2D eigenvalue weighted by Gasteiger charge is 2.26. The molecule has 8 nitrogen and oxygen atoms in total. The van der Waals surface area contributed by atoms with E-state index in [0.29, 0.717) is 22.3 Å². The molecule has 0 amide bonds. The zero-order chi connectivity index (χ0) is 25.3. The van der Waals surface area contributed by atoms with E-state index in [-0.39, 0.29) is 21.8 Å². The summed E-state index contributed by atoms with van der Waals surface area (Å²) >= 11 is 12.1. The fourth-order valence-electron chi connectivity index (χ4n) is 3.36. The number of esters is 1. The zero-order valence-corrected chi connectivity index (χ0v) is 20.6. The standard InChI is InChI=1S/C23H17Cl2FN4O4S/c1-27-20-9-18-13(11-29-20)6-12(10-28-18)15-4-3-5-17(22(15)26)30-35(32,33)19-8-14(24)7-16(21(19)25)23(31)34-2/h3-11,30H,1-2H3,(H,27,29). The van der Waals surface area contributed by atoms with Crippen LogP contribution >= 0.6 is 23.2 Å². The average molecular weight is 535 g/mol. The van der Waals surface area contributed by atoms with Crippen molar-refractivity contribution in [2.45, 2.75) is 4.90 Å². The summed E-state index contributed by atoms with van der Waals surface area (Å²) in [5, 5.41) is 3.12. The molecule has 0 atom stereocenters. The van der Waals surface area contributed by atoms with Crippen LogP contribution in [0.25, 0.3) is 22.0 Å². The van der Waals surface area contributed by atoms with E-state index in [1.54, 1.807) is 25.4 Å². The summed E-state index contributed by atoms with van der Waals surface area (Å²) in [5.74, 6) is -1.07. The van der Waals surface area contributed by atoms with Crippen molar-refractivity contribution in [1.29, 1.82) is 0 Å². The van der Waals surface area contributed by atoms with Gasteiger partial charge >= 0.3 is 5.97 Å². The minimum atomic E-state index is -4.44. The minimum absolute atomic E-state index is 0.0679. The van der Waals surface area contributed by atoms with Gasteiger partial charge in [0.05, 0.1) is 28.9 Å². The monoisotopic (exact) mass is 534 g/mol. The van der Waals surface area contributed by atoms with Gasteiger partial charge in [-0.25, -0.2) is 22.6 Å². The van der Waals surface area contributed by atoms with Crippen LogP contribution in [0.15, 0.2) is 59.8 Å². The van der Waals surface area contributed by atoms with Crippen molar-refractivity contribution >= 4 is 61.6 Å². The van der Waals surface area contributed by atoms with Crippen molar-refractivity contribution in [3.63, 3.8) is 0 Å². The summed E-state index contributed by atoms with van der Waals surface area (Å²) in [7, 11) is -1.59. The number of carbonyl (C=O) groups is 1. The summed E-state index contributed by atoms with van der Waals surface area (Å²) in [4.78, 5) is 20.0. The first-order valence-electron chi connectivity index (χ1n) is 9.97. The molecule has 0 aliphatic heterocycles. The Morgan fingerprint density at radius 2 is 1.86 bits per heavy atom. The average Bonchev–Trinajstić information content (AvgIpc) is 2.85. The Morgan fingerprint density at radius 3 is 2.57 bits per heavy atom. The first-order chi connectivity index (χ1) is 16.6. The van der Waals surface area contributed by atoms with Gasteiger partial charge in [0.1, 0.15) is 10.7 Å². The van der Waals surface area contributed by atoms with Crippen LogP contribution in [0, 0.1) is 5.82 Å². The number of hydrogen-bond acceptors (Lipinski definition) is 7. The maximum Gasteiger partial charge on any atom is 0.339 e. The second kappa shape index (κ2) is 9.65. The Kier molecular flexibility index (Phi) is 6.79. The van der Waals surface area contributed by atoms with Crippen molar-refractivity contribution in [1.82, 2.24) is 9.97 Å². The lowest BCUT2D eigenvalue weighted by Crippen LogP contribution is -2.16. The lowest BCUT2D eigenvalue weighted by molar-refractivity contribution is 0.0600. The SMILES string of the molecule is CNc1cc2ncc(-c3cccc(NS(=O)(=O)c4cc(Cl)cc(C(=O)OC)c4Cl)c3F)cc2cn1. The predicted octanol–water partition coefficient (Wildman–Crippen LogP) is 5.37. The number of rotatable bonds is 6. The third-order valence-electron chi connectivity index (χ3n) is 5.07. The molecule has 0 unspecified atom stereocenters. The molecule has 2 N–H and O–H groups in total. The Labute approximate surface area is 210 Å². The summed E-state index contributed by atoms with van der Waals surface area (Å²) in [6, 6.07) is 9.91. The van der Waals surface area contributed by atoms with Crippen LogP contribution in [0.3, 0.4) is 0 Å². The highest BCUT2D eigenvalue weighted by Crippen LogP contribution is 2.34. The van der Waals surface area contributed by atoms with E-state index in [2.05, 4.69) is 24.7 Å². The van der Waals surface area contributed by atoms with E-state index in [4.69, 9.17) is 23.2 Å². The molecular formula is C23H17Cl2FN4O4S. The fraction of sp³-hybridized carbons (Fsp3) is 0.0870. The summed E-state index contributed by atoms with van der Waals surface area (Å²) in [5.41, 5.74) is 0.617. The van der Waals surface area contributed by atoms with Crippen molar-refractivity contribution in [3.8, 4) is 11.1 Å². The second-order valence-electron chi connectivity index (χ2n) is 7.27. The number of methoxy groups -OCH3 is 1. The van der Waals surface area contributed by atoms with Crippen LogP contribution in [-0.4, -0.2) is 38.5 Å². The molecule has 0 bridgehead atoms. The molecule has 0 aliphatic rings. The Morgan fingerprint density at radius 1 is 1.09 bits per heavy atom. The Hall–Kier alpha value is -3.47. The van der Waals surface area contributed by atoms with Gasteiger partial charge in [-0.15, -0.1) is 0 Å². The maximum atomic E-state index is 15.5. The minimum Gasteiger partial charge on any atom is -0.465 e. The number of nitrogens with zero attached hydrogens (tertiary/aromatic N) is 2. The Bertz CT molecular complexity index is 1580. The van der Waals surface area contributed by atoms with E-state index >= 15 is 4.39 Å². The van der Waals surface area contributed by atoms with Gasteiger partial charge in [-0.05, 0) is 24.3 Å². The van der Waals surface area contributed by atoms with Gasteiger partial charge in [-0.3, -0.25) is 9.71 Å². The number of pyridine rings is 2. The summed E-state index contributed by atoms with van der Waals surface area (Å²) < 4.78 is 48.4. The van der Waals surface area contributed by atoms with Crippen molar-refractivity contribution < 1.29 is 22.3 Å². The van der Waals surface area contributed by atoms with Gasteiger partial charge in [0.15, 0.2) is 5.82 Å². The molecule has 0 saturated carbocycles. The number of halogens is 3. The van der Waals surface area contributed by atoms with Gasteiger partial charge in [-0.2, -0.15) is 0 Å². The molecule has 180 valence electrons. The number of ether oxygens (including phenoxy) is 1. The van der Waals surface area contributed by atoms with E-state index < -0.39 is 31.7 Å². The first kappa shape index (κ1) is 24.6. The highest BCUT2D eigenvalue weighted by atomic mass is 35.5. The van der Waals surface area contributed by atoms with E-state index in [1.165, 1.54) is 30.5 Å². The lowest BCUT2D eigenvalue weighted by atomic mass is 10.0. The number of fused-ring (bicyclic) bond motifs is 1. The van der Waals surface area contributed by atoms with Crippen LogP contribution in [0.1, 0.15) is 10.4 Å². The second-order valence-corrected chi connectivity index (χ2v) is 9.73. The van der Waals surface area contributed by atoms with Crippen molar-refractivity contribution in [2.75, 3.05) is 24.2 Å². The third-order valence-corrected chi connectivity index (χ3v) is 7.20. The smallest absolute Gasteiger partial charge is 0.339 e. The molecule has 0 spiro atoms. The van der Waals surface area contributed by atoms with Gasteiger partial charge in [-0.1, -0.05) is 35.3 Å². The van der Waals surface area contributed by atoms with Gasteiger partial charge < -0.3 is 10.1 Å². The van der Waals surface area contributed by atoms with E-state index in [9.17, 15) is 13.2 Å². The Balaban J connectivity index is 1.74. The molecule has 4 aromatic rings. The van der Waals surface area contributed by atoms with Gasteiger partial charge in [0.25, 0.3) is 10.0 Å². The molecule has 2 aromatic heterocycles. The maximum absolute atomic E-state index is 15.5. The quantitative estimate of drug-likeness (QED) is 0.320. The molecule has 0 aliphatic carbocycles. The molecule has 2 aromatic carbocycles. The van der Waals surface area contributed by atoms with Crippen LogP contribution in [0.4, 0.5) is 15.9 Å². The predicted molar refractivity (Wildman–Crippen MR) is 133 cm³/mol. The number of anilines is 2. The molecule has 35 heavy (non-hydrogen) atoms. The lowest BCUT2D eigenvalue weighted by Gasteiger charge is -2.14. The normalized spacial score (nSPS) is 11.3. The molecule has 12 heteroatoms. The van der Waals surface area contributed by atoms with Gasteiger partial charge in [0, 0.05) is 47.0 Å². The number of aromatic nitrogens is 2. The summed E-state index contributed by atoms with van der Waals surface area (Å²) in [6.07, 6.45) is 3.08. The van der Waals surface area contributed by atoms with E-state index in [0.717, 1.165) is 13.2 Å². The number of sulfonamides is 1.